The number of fused-ring (bicyclic) bond motifs is 3. The van der Waals surface area contributed by atoms with Crippen molar-refractivity contribution >= 4 is 45.1 Å². The quantitative estimate of drug-likeness (QED) is 0.475. The van der Waals surface area contributed by atoms with Gasteiger partial charge in [-0.15, -0.1) is 0 Å². The molecule has 0 bridgehead atoms. The van der Waals surface area contributed by atoms with E-state index in [1.54, 1.807) is 17.4 Å². The van der Waals surface area contributed by atoms with E-state index in [0.717, 1.165) is 38.8 Å². The van der Waals surface area contributed by atoms with Gasteiger partial charge in [0.25, 0.3) is 0 Å². The Labute approximate surface area is 188 Å². The van der Waals surface area contributed by atoms with Crippen LogP contribution in [0.3, 0.4) is 0 Å². The largest absolute Gasteiger partial charge is 0.489 e. The number of nitrogens with zero attached hydrogens (tertiary/aromatic N) is 5. The second-order valence-corrected chi connectivity index (χ2v) is 8.32. The van der Waals surface area contributed by atoms with Crippen molar-refractivity contribution in [2.75, 3.05) is 31.1 Å². The summed E-state index contributed by atoms with van der Waals surface area (Å²) in [5.74, 6) is 1.28. The maximum atomic E-state index is 12.2. The lowest BCUT2D eigenvalue weighted by atomic mass is 9.99. The van der Waals surface area contributed by atoms with Crippen LogP contribution in [0.5, 0.6) is 5.75 Å². The number of nitrogens with one attached hydrogen (secondary N) is 1. The minimum Gasteiger partial charge on any atom is -0.489 e. The minimum absolute atomic E-state index is 0.0463. The molecule has 0 aliphatic carbocycles. The number of amides is 1. The fourth-order valence-electron chi connectivity index (χ4n) is 4.69. The number of ether oxygens (including phenoxy) is 1. The lowest BCUT2D eigenvalue weighted by Crippen LogP contribution is -2.56. The summed E-state index contributed by atoms with van der Waals surface area (Å²) in [6, 6.07) is 7.88. The molecule has 1 saturated heterocycles. The first kappa shape index (κ1) is 19.1. The van der Waals surface area contributed by atoms with Gasteiger partial charge in [0.2, 0.25) is 5.91 Å². The van der Waals surface area contributed by atoms with Crippen molar-refractivity contribution in [2.45, 2.75) is 6.04 Å². The number of aromatic nitrogens is 4. The fraction of sp³-hybridized carbons (Fsp3) is 0.217. The third-order valence-electron chi connectivity index (χ3n) is 6.24. The number of benzene rings is 2. The Hall–Kier alpha value is -3.65. The van der Waals surface area contributed by atoms with Crippen LogP contribution < -0.4 is 9.64 Å². The zero-order valence-corrected chi connectivity index (χ0v) is 17.8. The maximum absolute atomic E-state index is 12.2. The number of piperazine rings is 1. The molecular formula is C23H19ClN6O2. The van der Waals surface area contributed by atoms with Crippen molar-refractivity contribution in [1.29, 1.82) is 0 Å². The van der Waals surface area contributed by atoms with Crippen LogP contribution in [0.1, 0.15) is 0 Å². The van der Waals surface area contributed by atoms with Crippen molar-refractivity contribution in [3.05, 3.63) is 54.5 Å². The molecule has 2 aliphatic rings. The Morgan fingerprint density at radius 2 is 2.19 bits per heavy atom. The highest BCUT2D eigenvalue weighted by Gasteiger charge is 2.35. The first-order chi connectivity index (χ1) is 15.7. The van der Waals surface area contributed by atoms with Gasteiger partial charge in [-0.25, -0.2) is 9.97 Å². The van der Waals surface area contributed by atoms with E-state index in [-0.39, 0.29) is 11.9 Å². The number of aromatic amines is 1. The molecule has 1 fully saturated rings. The van der Waals surface area contributed by atoms with Gasteiger partial charge in [0, 0.05) is 30.6 Å². The van der Waals surface area contributed by atoms with E-state index >= 15 is 0 Å². The molecule has 4 aromatic rings. The molecule has 0 radical (unpaired) electrons. The third-order valence-corrected chi connectivity index (χ3v) is 6.61. The second kappa shape index (κ2) is 7.20. The topological polar surface area (TPSA) is 87.2 Å². The van der Waals surface area contributed by atoms with Crippen molar-refractivity contribution in [1.82, 2.24) is 25.1 Å². The first-order valence-electron chi connectivity index (χ1n) is 10.4. The average molecular weight is 447 g/mol. The molecule has 1 amide bonds. The molecule has 2 aliphatic heterocycles. The molecule has 9 heteroatoms. The number of halogens is 1. The van der Waals surface area contributed by atoms with Crippen LogP contribution in [0, 0.1) is 0 Å². The van der Waals surface area contributed by atoms with Gasteiger partial charge in [-0.1, -0.05) is 30.3 Å². The number of carbonyl (C=O) groups excluding carboxylic acids is 1. The van der Waals surface area contributed by atoms with E-state index < -0.39 is 0 Å². The van der Waals surface area contributed by atoms with Gasteiger partial charge in [0.05, 0.1) is 33.7 Å². The third kappa shape index (κ3) is 2.76. The van der Waals surface area contributed by atoms with Crippen LogP contribution >= 0.6 is 11.6 Å². The smallest absolute Gasteiger partial charge is 0.246 e. The normalized spacial score (nSPS) is 17.7. The number of carbonyl (C=O) groups is 1. The molecule has 2 aromatic heterocycles. The monoisotopic (exact) mass is 446 g/mol. The van der Waals surface area contributed by atoms with Crippen LogP contribution in [-0.4, -0.2) is 63.3 Å². The van der Waals surface area contributed by atoms with Gasteiger partial charge in [-0.3, -0.25) is 9.89 Å². The second-order valence-electron chi connectivity index (χ2n) is 7.94. The van der Waals surface area contributed by atoms with Gasteiger partial charge >= 0.3 is 0 Å². The summed E-state index contributed by atoms with van der Waals surface area (Å²) in [4.78, 5) is 25.3. The predicted octanol–water partition coefficient (Wildman–Crippen LogP) is 3.42. The highest BCUT2D eigenvalue weighted by atomic mass is 35.5. The summed E-state index contributed by atoms with van der Waals surface area (Å²) in [6.45, 7) is 5.76. The first-order valence-corrected chi connectivity index (χ1v) is 10.7. The molecular weight excluding hydrogens is 428 g/mol. The number of hydrogen-bond acceptors (Lipinski definition) is 6. The predicted molar refractivity (Wildman–Crippen MR) is 123 cm³/mol. The van der Waals surface area contributed by atoms with Crippen LogP contribution in [0.2, 0.25) is 5.02 Å². The molecule has 8 nitrogen and oxygen atoms in total. The highest BCUT2D eigenvalue weighted by molar-refractivity contribution is 6.37. The van der Waals surface area contributed by atoms with E-state index in [0.29, 0.717) is 37.0 Å². The molecule has 0 unspecified atom stereocenters. The minimum atomic E-state index is -0.0761. The summed E-state index contributed by atoms with van der Waals surface area (Å²) in [6.07, 6.45) is 4.71. The van der Waals surface area contributed by atoms with Crippen LogP contribution in [0.4, 0.5) is 5.82 Å². The van der Waals surface area contributed by atoms with Crippen LogP contribution in [0.25, 0.3) is 32.9 Å². The zero-order chi connectivity index (χ0) is 21.8. The molecule has 160 valence electrons. The number of hydrogen-bond donors (Lipinski definition) is 1. The van der Waals surface area contributed by atoms with Gasteiger partial charge in [0.15, 0.2) is 5.75 Å². The number of anilines is 1. The van der Waals surface area contributed by atoms with E-state index in [4.69, 9.17) is 16.3 Å². The van der Waals surface area contributed by atoms with Crippen LogP contribution in [0.15, 0.2) is 49.4 Å². The lowest BCUT2D eigenvalue weighted by Gasteiger charge is -2.40. The van der Waals surface area contributed by atoms with E-state index in [2.05, 4.69) is 31.6 Å². The highest BCUT2D eigenvalue weighted by Crippen LogP contribution is 2.46. The van der Waals surface area contributed by atoms with Gasteiger partial charge in [-0.05, 0) is 23.8 Å². The maximum Gasteiger partial charge on any atom is 0.246 e. The Bertz CT molecular complexity index is 1400. The fourth-order valence-corrected chi connectivity index (χ4v) is 4.99. The Kier molecular flexibility index (Phi) is 4.29. The van der Waals surface area contributed by atoms with Gasteiger partial charge in [-0.2, -0.15) is 5.10 Å². The SMILES string of the molecule is C=CC(=O)N1CCN2c3ncnc4cc(-c5cccc6[nH]ncc56)c(Cl)c(c34)OC[C@@H]2C1. The molecule has 32 heavy (non-hydrogen) atoms. The molecule has 4 heterocycles. The molecule has 1 N–H and O–H groups in total. The van der Waals surface area contributed by atoms with E-state index in [1.165, 1.54) is 6.08 Å². The summed E-state index contributed by atoms with van der Waals surface area (Å²) >= 11 is 6.96. The Morgan fingerprint density at radius 3 is 3.06 bits per heavy atom. The standard InChI is InChI=1S/C23H19ClN6O2/c1-2-19(31)29-6-7-30-13(10-29)11-32-22-20-18(25-12-26-23(20)30)8-15(21(22)24)14-4-3-5-17-16(14)9-27-28-17/h2-5,8-9,12-13H,1,6-7,10-11H2,(H,27,28)/t13-/m0/s1. The Balaban J connectivity index is 1.52. The van der Waals surface area contributed by atoms with Gasteiger partial charge < -0.3 is 14.5 Å². The Morgan fingerprint density at radius 1 is 1.28 bits per heavy atom. The number of rotatable bonds is 2. The van der Waals surface area contributed by atoms with Crippen LogP contribution in [-0.2, 0) is 4.79 Å². The van der Waals surface area contributed by atoms with Gasteiger partial charge in [0.1, 0.15) is 18.8 Å². The zero-order valence-electron chi connectivity index (χ0n) is 17.1. The summed E-state index contributed by atoms with van der Waals surface area (Å²) in [7, 11) is 0. The van der Waals surface area contributed by atoms with Crippen molar-refractivity contribution < 1.29 is 9.53 Å². The molecule has 2 aromatic carbocycles. The van der Waals surface area contributed by atoms with E-state index in [1.807, 2.05) is 24.3 Å². The molecule has 6 rings (SSSR count). The van der Waals surface area contributed by atoms with E-state index in [9.17, 15) is 4.79 Å². The van der Waals surface area contributed by atoms with Crippen molar-refractivity contribution in [2.24, 2.45) is 0 Å². The lowest BCUT2D eigenvalue weighted by molar-refractivity contribution is -0.126. The van der Waals surface area contributed by atoms with Crippen molar-refractivity contribution in [3.63, 3.8) is 0 Å². The van der Waals surface area contributed by atoms with Crippen molar-refractivity contribution in [3.8, 4) is 16.9 Å². The molecule has 0 saturated carbocycles. The summed E-state index contributed by atoms with van der Waals surface area (Å²) in [5.41, 5.74) is 3.47. The summed E-state index contributed by atoms with van der Waals surface area (Å²) in [5, 5.41) is 9.45. The average Bonchev–Trinajstić information content (AvgIpc) is 3.24. The molecule has 1 atom stereocenters. The molecule has 0 spiro atoms. The summed E-state index contributed by atoms with van der Waals surface area (Å²) < 4.78 is 6.30. The number of H-pyrrole nitrogens is 1.